The maximum Gasteiger partial charge on any atom is 0.247 e. The van der Waals surface area contributed by atoms with Gasteiger partial charge in [-0.2, -0.15) is 0 Å². The van der Waals surface area contributed by atoms with Gasteiger partial charge in [-0.05, 0) is 32.4 Å². The number of hydrogen-bond donors (Lipinski definition) is 1. The van der Waals surface area contributed by atoms with Crippen molar-refractivity contribution in [2.45, 2.75) is 26.8 Å². The summed E-state index contributed by atoms with van der Waals surface area (Å²) in [7, 11) is 0. The molecule has 0 saturated carbocycles. The quantitative estimate of drug-likeness (QED) is 0.752. The van der Waals surface area contributed by atoms with Crippen LogP contribution in [0.1, 0.15) is 26.3 Å². The minimum absolute atomic E-state index is 0.00569. The molecule has 0 unspecified atom stereocenters. The van der Waals surface area contributed by atoms with E-state index < -0.39 is 0 Å². The predicted octanol–water partition coefficient (Wildman–Crippen LogP) is 2.61. The third kappa shape index (κ3) is 3.98. The highest BCUT2D eigenvalue weighted by atomic mass is 16.1. The lowest BCUT2D eigenvalue weighted by atomic mass is 10.1. The first-order chi connectivity index (χ1) is 7.09. The average Bonchev–Trinajstić information content (AvgIpc) is 2.18. The Bertz CT molecular complexity index is 352. The number of benzene rings is 1. The summed E-state index contributed by atoms with van der Waals surface area (Å²) in [6.45, 7) is 5.73. The molecule has 1 aromatic carbocycles. The molecule has 0 aromatic heterocycles. The lowest BCUT2D eigenvalue weighted by Gasteiger charge is -2.08. The summed E-state index contributed by atoms with van der Waals surface area (Å²) in [5.74, 6) is -0.00569. The SMILES string of the molecule is CC(=Cc1ccccc1)C(=O)NC(C)C. The monoisotopic (exact) mass is 203 g/mol. The van der Waals surface area contributed by atoms with Crippen LogP contribution in [0.3, 0.4) is 0 Å². The van der Waals surface area contributed by atoms with Gasteiger partial charge in [0.25, 0.3) is 0 Å². The first-order valence-electron chi connectivity index (χ1n) is 5.14. The summed E-state index contributed by atoms with van der Waals surface area (Å²) in [6, 6.07) is 10.0. The third-order valence-electron chi connectivity index (χ3n) is 1.96. The molecule has 2 heteroatoms. The molecule has 80 valence electrons. The van der Waals surface area contributed by atoms with Gasteiger partial charge in [0.05, 0.1) is 0 Å². The standard InChI is InChI=1S/C13H17NO/c1-10(2)14-13(15)11(3)9-12-7-5-4-6-8-12/h4-10H,1-3H3,(H,14,15). The summed E-state index contributed by atoms with van der Waals surface area (Å²) in [4.78, 5) is 11.6. The Morgan fingerprint density at radius 3 is 2.40 bits per heavy atom. The van der Waals surface area contributed by atoms with Crippen LogP contribution in [-0.2, 0) is 4.79 Å². The van der Waals surface area contributed by atoms with Gasteiger partial charge in [-0.3, -0.25) is 4.79 Å². The molecule has 0 aliphatic carbocycles. The molecule has 1 N–H and O–H groups in total. The number of hydrogen-bond acceptors (Lipinski definition) is 1. The van der Waals surface area contributed by atoms with Gasteiger partial charge in [-0.15, -0.1) is 0 Å². The molecule has 0 heterocycles. The fourth-order valence-electron chi connectivity index (χ4n) is 1.24. The smallest absolute Gasteiger partial charge is 0.247 e. The molecule has 0 radical (unpaired) electrons. The van der Waals surface area contributed by atoms with Crippen LogP contribution in [0.5, 0.6) is 0 Å². The fraction of sp³-hybridized carbons (Fsp3) is 0.308. The van der Waals surface area contributed by atoms with Gasteiger partial charge < -0.3 is 5.32 Å². The molecule has 0 saturated heterocycles. The molecule has 0 aliphatic rings. The fourth-order valence-corrected chi connectivity index (χ4v) is 1.24. The van der Waals surface area contributed by atoms with Crippen LogP contribution < -0.4 is 5.32 Å². The second-order valence-corrected chi connectivity index (χ2v) is 3.87. The van der Waals surface area contributed by atoms with Crippen LogP contribution in [0.2, 0.25) is 0 Å². The molecule has 1 aromatic rings. The van der Waals surface area contributed by atoms with Crippen molar-refractivity contribution in [2.75, 3.05) is 0 Å². The largest absolute Gasteiger partial charge is 0.350 e. The topological polar surface area (TPSA) is 29.1 Å². The molecule has 1 rings (SSSR count). The number of nitrogens with one attached hydrogen (secondary N) is 1. The molecule has 0 bridgehead atoms. The van der Waals surface area contributed by atoms with Gasteiger partial charge in [0.2, 0.25) is 5.91 Å². The van der Waals surface area contributed by atoms with E-state index in [1.165, 1.54) is 0 Å². The summed E-state index contributed by atoms with van der Waals surface area (Å²) in [5, 5.41) is 2.86. The minimum Gasteiger partial charge on any atom is -0.350 e. The van der Waals surface area contributed by atoms with Crippen LogP contribution in [0, 0.1) is 0 Å². The Morgan fingerprint density at radius 2 is 1.87 bits per heavy atom. The van der Waals surface area contributed by atoms with Crippen molar-refractivity contribution in [3.05, 3.63) is 41.5 Å². The van der Waals surface area contributed by atoms with Crippen molar-refractivity contribution in [3.8, 4) is 0 Å². The van der Waals surface area contributed by atoms with Crippen molar-refractivity contribution in [3.63, 3.8) is 0 Å². The second-order valence-electron chi connectivity index (χ2n) is 3.87. The highest BCUT2D eigenvalue weighted by Gasteiger charge is 2.04. The van der Waals surface area contributed by atoms with E-state index in [0.717, 1.165) is 11.1 Å². The van der Waals surface area contributed by atoms with E-state index in [1.54, 1.807) is 0 Å². The van der Waals surface area contributed by atoms with Crippen LogP contribution in [-0.4, -0.2) is 11.9 Å². The van der Waals surface area contributed by atoms with Crippen LogP contribution >= 0.6 is 0 Å². The maximum absolute atomic E-state index is 11.6. The van der Waals surface area contributed by atoms with Crippen molar-refractivity contribution in [2.24, 2.45) is 0 Å². The van der Waals surface area contributed by atoms with Crippen molar-refractivity contribution in [1.29, 1.82) is 0 Å². The van der Waals surface area contributed by atoms with E-state index in [4.69, 9.17) is 0 Å². The number of amides is 1. The highest BCUT2D eigenvalue weighted by molar-refractivity contribution is 5.97. The number of carbonyl (C=O) groups excluding carboxylic acids is 1. The summed E-state index contributed by atoms with van der Waals surface area (Å²) < 4.78 is 0. The summed E-state index contributed by atoms with van der Waals surface area (Å²) >= 11 is 0. The zero-order valence-corrected chi connectivity index (χ0v) is 9.45. The first-order valence-corrected chi connectivity index (χ1v) is 5.14. The van der Waals surface area contributed by atoms with E-state index in [-0.39, 0.29) is 11.9 Å². The van der Waals surface area contributed by atoms with Gasteiger partial charge in [0.15, 0.2) is 0 Å². The van der Waals surface area contributed by atoms with Gasteiger partial charge in [0, 0.05) is 11.6 Å². The molecule has 1 amide bonds. The average molecular weight is 203 g/mol. The van der Waals surface area contributed by atoms with E-state index >= 15 is 0 Å². The normalized spacial score (nSPS) is 11.6. The van der Waals surface area contributed by atoms with Gasteiger partial charge in [0.1, 0.15) is 0 Å². The van der Waals surface area contributed by atoms with E-state index in [1.807, 2.05) is 57.2 Å². The number of carbonyl (C=O) groups is 1. The van der Waals surface area contributed by atoms with E-state index in [9.17, 15) is 4.79 Å². The maximum atomic E-state index is 11.6. The molecule has 2 nitrogen and oxygen atoms in total. The Morgan fingerprint density at radius 1 is 1.27 bits per heavy atom. The van der Waals surface area contributed by atoms with Gasteiger partial charge in [-0.1, -0.05) is 30.3 Å². The molecule has 15 heavy (non-hydrogen) atoms. The lowest BCUT2D eigenvalue weighted by molar-refractivity contribution is -0.117. The molecule has 0 atom stereocenters. The minimum atomic E-state index is -0.00569. The van der Waals surface area contributed by atoms with E-state index in [2.05, 4.69) is 5.32 Å². The molecular weight excluding hydrogens is 186 g/mol. The molecular formula is C13H17NO. The van der Waals surface area contributed by atoms with E-state index in [0.29, 0.717) is 0 Å². The highest BCUT2D eigenvalue weighted by Crippen LogP contribution is 2.06. The van der Waals surface area contributed by atoms with Crippen molar-refractivity contribution >= 4 is 12.0 Å². The van der Waals surface area contributed by atoms with Crippen LogP contribution in [0.25, 0.3) is 6.08 Å². The molecule has 0 fully saturated rings. The summed E-state index contributed by atoms with van der Waals surface area (Å²) in [5.41, 5.74) is 1.78. The second kappa shape index (κ2) is 5.35. The zero-order valence-electron chi connectivity index (χ0n) is 9.45. The van der Waals surface area contributed by atoms with Gasteiger partial charge >= 0.3 is 0 Å². The predicted molar refractivity (Wildman–Crippen MR) is 63.4 cm³/mol. The Labute approximate surface area is 91.0 Å². The van der Waals surface area contributed by atoms with Crippen molar-refractivity contribution < 1.29 is 4.79 Å². The molecule has 0 spiro atoms. The first kappa shape index (κ1) is 11.5. The summed E-state index contributed by atoms with van der Waals surface area (Å²) in [6.07, 6.45) is 1.89. The van der Waals surface area contributed by atoms with Crippen LogP contribution in [0.4, 0.5) is 0 Å². The zero-order chi connectivity index (χ0) is 11.3. The Balaban J connectivity index is 2.72. The van der Waals surface area contributed by atoms with Crippen molar-refractivity contribution in [1.82, 2.24) is 5.32 Å². The lowest BCUT2D eigenvalue weighted by Crippen LogP contribution is -2.30. The van der Waals surface area contributed by atoms with Crippen LogP contribution in [0.15, 0.2) is 35.9 Å². The number of rotatable bonds is 3. The molecule has 0 aliphatic heterocycles. The third-order valence-corrected chi connectivity index (χ3v) is 1.96. The Hall–Kier alpha value is -1.57. The van der Waals surface area contributed by atoms with Gasteiger partial charge in [-0.25, -0.2) is 0 Å². The Kier molecular flexibility index (Phi) is 4.10.